The van der Waals surface area contributed by atoms with Crippen LogP contribution in [0.3, 0.4) is 0 Å². The quantitative estimate of drug-likeness (QED) is 0.560. The third-order valence-electron chi connectivity index (χ3n) is 2.65. The number of allylic oxidation sites excluding steroid dienone is 1. The molecule has 1 unspecified atom stereocenters. The van der Waals surface area contributed by atoms with Gasteiger partial charge in [-0.25, -0.2) is 0 Å². The minimum absolute atomic E-state index is 0.0289. The molecule has 0 radical (unpaired) electrons. The van der Waals surface area contributed by atoms with Gasteiger partial charge in [0.2, 0.25) is 0 Å². The van der Waals surface area contributed by atoms with Crippen LogP contribution in [0, 0.1) is 0 Å². The van der Waals surface area contributed by atoms with E-state index in [-0.39, 0.29) is 10.6 Å². The van der Waals surface area contributed by atoms with Gasteiger partial charge in [-0.1, -0.05) is 46.3 Å². The lowest BCUT2D eigenvalue weighted by atomic mass is 9.92. The number of carbonyl (C=O) groups is 1. The van der Waals surface area contributed by atoms with Gasteiger partial charge in [0.15, 0.2) is 5.78 Å². The predicted octanol–water partition coefficient (Wildman–Crippen LogP) is 3.59. The van der Waals surface area contributed by atoms with Crippen molar-refractivity contribution in [2.45, 2.75) is 24.1 Å². The summed E-state index contributed by atoms with van der Waals surface area (Å²) >= 11 is 3.42. The molecule has 0 bridgehead atoms. The molecule has 2 rings (SSSR count). The van der Waals surface area contributed by atoms with Crippen molar-refractivity contribution in [3.05, 3.63) is 41.5 Å². The molecular weight excluding hydrogens is 252 g/mol. The van der Waals surface area contributed by atoms with Crippen LogP contribution in [0.4, 0.5) is 0 Å². The Bertz CT molecular complexity index is 381. The second kappa shape index (κ2) is 4.75. The van der Waals surface area contributed by atoms with Crippen LogP contribution in [-0.2, 0) is 4.79 Å². The molecule has 0 N–H and O–H groups in total. The van der Waals surface area contributed by atoms with E-state index in [0.29, 0.717) is 0 Å². The van der Waals surface area contributed by atoms with E-state index in [2.05, 4.69) is 15.9 Å². The van der Waals surface area contributed by atoms with Crippen LogP contribution in [0.5, 0.6) is 0 Å². The zero-order valence-corrected chi connectivity index (χ0v) is 10.0. The van der Waals surface area contributed by atoms with Gasteiger partial charge in [0.1, 0.15) is 0 Å². The summed E-state index contributed by atoms with van der Waals surface area (Å²) in [6, 6.07) is 10.0. The van der Waals surface area contributed by atoms with Crippen LogP contribution in [0.2, 0.25) is 0 Å². The molecule has 1 atom stereocenters. The molecule has 78 valence electrons. The Morgan fingerprint density at radius 2 is 2.00 bits per heavy atom. The molecule has 1 nitrogen and oxygen atoms in total. The van der Waals surface area contributed by atoms with E-state index < -0.39 is 0 Å². The minimum Gasteiger partial charge on any atom is -0.293 e. The van der Waals surface area contributed by atoms with Gasteiger partial charge in [0, 0.05) is 0 Å². The van der Waals surface area contributed by atoms with E-state index in [1.54, 1.807) is 0 Å². The normalized spacial score (nSPS) is 24.5. The SMILES string of the molecule is O=C1/C(=C\c2ccccc2)CCCC1Br. The molecule has 0 spiro atoms. The smallest absolute Gasteiger partial charge is 0.172 e. The van der Waals surface area contributed by atoms with Gasteiger partial charge in [-0.05, 0) is 36.5 Å². The van der Waals surface area contributed by atoms with E-state index in [1.165, 1.54) is 0 Å². The van der Waals surface area contributed by atoms with E-state index in [9.17, 15) is 4.79 Å². The molecule has 1 aromatic carbocycles. The summed E-state index contributed by atoms with van der Waals surface area (Å²) in [4.78, 5) is 11.8. The number of alkyl halides is 1. The lowest BCUT2D eigenvalue weighted by molar-refractivity contribution is -0.115. The van der Waals surface area contributed by atoms with Crippen molar-refractivity contribution in [1.29, 1.82) is 0 Å². The minimum atomic E-state index is 0.0289. The zero-order chi connectivity index (χ0) is 10.7. The average Bonchev–Trinajstić information content (AvgIpc) is 2.26. The van der Waals surface area contributed by atoms with Gasteiger partial charge < -0.3 is 0 Å². The maximum absolute atomic E-state index is 11.8. The van der Waals surface area contributed by atoms with Crippen molar-refractivity contribution in [2.75, 3.05) is 0 Å². The predicted molar refractivity (Wildman–Crippen MR) is 66.0 cm³/mol. The van der Waals surface area contributed by atoms with Crippen LogP contribution < -0.4 is 0 Å². The van der Waals surface area contributed by atoms with E-state index >= 15 is 0 Å². The number of rotatable bonds is 1. The Morgan fingerprint density at radius 3 is 2.73 bits per heavy atom. The molecule has 0 heterocycles. The summed E-state index contributed by atoms with van der Waals surface area (Å²) in [6.45, 7) is 0. The van der Waals surface area contributed by atoms with Gasteiger partial charge in [-0.3, -0.25) is 4.79 Å². The maximum Gasteiger partial charge on any atom is 0.172 e. The first-order valence-corrected chi connectivity index (χ1v) is 6.13. The van der Waals surface area contributed by atoms with E-state index in [4.69, 9.17) is 0 Å². The van der Waals surface area contributed by atoms with Crippen molar-refractivity contribution in [3.8, 4) is 0 Å². The van der Waals surface area contributed by atoms with Crippen molar-refractivity contribution in [1.82, 2.24) is 0 Å². The van der Waals surface area contributed by atoms with Crippen LogP contribution >= 0.6 is 15.9 Å². The van der Waals surface area contributed by atoms with Crippen molar-refractivity contribution >= 4 is 27.8 Å². The molecule has 1 aromatic rings. The molecule has 0 aromatic heterocycles. The number of benzene rings is 1. The first-order chi connectivity index (χ1) is 7.27. The van der Waals surface area contributed by atoms with Crippen molar-refractivity contribution < 1.29 is 4.79 Å². The summed E-state index contributed by atoms with van der Waals surface area (Å²) in [5, 5.41) is 0. The summed E-state index contributed by atoms with van der Waals surface area (Å²) in [5.41, 5.74) is 2.07. The number of ketones is 1. The van der Waals surface area contributed by atoms with Crippen molar-refractivity contribution in [2.24, 2.45) is 0 Å². The van der Waals surface area contributed by atoms with Crippen LogP contribution in [0.25, 0.3) is 6.08 Å². The maximum atomic E-state index is 11.8. The van der Waals surface area contributed by atoms with E-state index in [1.807, 2.05) is 36.4 Å². The molecule has 1 aliphatic carbocycles. The molecular formula is C13H13BrO. The highest BCUT2D eigenvalue weighted by molar-refractivity contribution is 9.10. The van der Waals surface area contributed by atoms with Gasteiger partial charge >= 0.3 is 0 Å². The van der Waals surface area contributed by atoms with Crippen LogP contribution in [0.15, 0.2) is 35.9 Å². The number of Topliss-reactive ketones (excluding diaryl/α,β-unsaturated/α-hetero) is 1. The topological polar surface area (TPSA) is 17.1 Å². The first kappa shape index (κ1) is 10.6. The highest BCUT2D eigenvalue weighted by Gasteiger charge is 2.23. The average molecular weight is 265 g/mol. The fraction of sp³-hybridized carbons (Fsp3) is 0.308. The third-order valence-corrected chi connectivity index (χ3v) is 3.52. The second-order valence-electron chi connectivity index (χ2n) is 3.80. The van der Waals surface area contributed by atoms with Crippen molar-refractivity contribution in [3.63, 3.8) is 0 Å². The van der Waals surface area contributed by atoms with E-state index in [0.717, 1.165) is 30.4 Å². The van der Waals surface area contributed by atoms with Gasteiger partial charge in [-0.2, -0.15) is 0 Å². The summed E-state index contributed by atoms with van der Waals surface area (Å²) < 4.78 is 0. The molecule has 1 fully saturated rings. The van der Waals surface area contributed by atoms with Gasteiger partial charge in [-0.15, -0.1) is 0 Å². The lowest BCUT2D eigenvalue weighted by Gasteiger charge is -2.17. The second-order valence-corrected chi connectivity index (χ2v) is 4.91. The molecule has 0 amide bonds. The summed E-state index contributed by atoms with van der Waals surface area (Å²) in [6.07, 6.45) is 4.98. The third kappa shape index (κ3) is 2.57. The highest BCUT2D eigenvalue weighted by atomic mass is 79.9. The first-order valence-electron chi connectivity index (χ1n) is 5.21. The van der Waals surface area contributed by atoms with Crippen LogP contribution in [-0.4, -0.2) is 10.6 Å². The Kier molecular flexibility index (Phi) is 3.37. The molecule has 2 heteroatoms. The Hall–Kier alpha value is -0.890. The molecule has 0 saturated heterocycles. The molecule has 1 aliphatic rings. The molecule has 0 aliphatic heterocycles. The number of halogens is 1. The van der Waals surface area contributed by atoms with Crippen LogP contribution in [0.1, 0.15) is 24.8 Å². The number of hydrogen-bond donors (Lipinski definition) is 0. The monoisotopic (exact) mass is 264 g/mol. The standard InChI is InChI=1S/C13H13BrO/c14-12-8-4-7-11(13(12)15)9-10-5-2-1-3-6-10/h1-3,5-6,9,12H,4,7-8H2/b11-9-. The molecule has 1 saturated carbocycles. The number of hydrogen-bond acceptors (Lipinski definition) is 1. The van der Waals surface area contributed by atoms with Gasteiger partial charge in [0.05, 0.1) is 4.83 Å². The lowest BCUT2D eigenvalue weighted by Crippen LogP contribution is -2.21. The number of carbonyl (C=O) groups excluding carboxylic acids is 1. The van der Waals surface area contributed by atoms with Gasteiger partial charge in [0.25, 0.3) is 0 Å². The highest BCUT2D eigenvalue weighted by Crippen LogP contribution is 2.26. The Labute approximate surface area is 98.3 Å². The largest absolute Gasteiger partial charge is 0.293 e. The Morgan fingerprint density at radius 1 is 1.27 bits per heavy atom. The fourth-order valence-electron chi connectivity index (χ4n) is 1.82. The summed E-state index contributed by atoms with van der Waals surface area (Å²) in [7, 11) is 0. The summed E-state index contributed by atoms with van der Waals surface area (Å²) in [5.74, 6) is 0.255. The fourth-order valence-corrected chi connectivity index (χ4v) is 2.44. The molecule has 15 heavy (non-hydrogen) atoms. The zero-order valence-electron chi connectivity index (χ0n) is 8.45. The Balaban J connectivity index is 2.23.